The Balaban J connectivity index is 2.73. The number of amides is 1. The van der Waals surface area contributed by atoms with Crippen molar-refractivity contribution in [3.05, 3.63) is 26.6 Å². The monoisotopic (exact) mass is 439 g/mol. The molecule has 1 aromatic carbocycles. The van der Waals surface area contributed by atoms with Crippen LogP contribution in [-0.4, -0.2) is 57.5 Å². The highest BCUT2D eigenvalue weighted by molar-refractivity contribution is 9.11. The Kier molecular flexibility index (Phi) is 7.39. The van der Waals surface area contributed by atoms with Gasteiger partial charge >= 0.3 is 0 Å². The van der Waals surface area contributed by atoms with Crippen LogP contribution in [0.25, 0.3) is 0 Å². The highest BCUT2D eigenvalue weighted by atomic mass is 79.9. The van der Waals surface area contributed by atoms with Gasteiger partial charge in [-0.2, -0.15) is 5.10 Å². The zero-order valence-corrected chi connectivity index (χ0v) is 14.3. The minimum absolute atomic E-state index is 0.156. The van der Waals surface area contributed by atoms with E-state index in [2.05, 4.69) is 42.4 Å². The summed E-state index contributed by atoms with van der Waals surface area (Å²) in [4.78, 5) is 11.9. The molecule has 7 N–H and O–H groups in total. The smallest absolute Gasteiger partial charge is 0.273 e. The number of aliphatic hydroxyl groups is 4. The summed E-state index contributed by atoms with van der Waals surface area (Å²) < 4.78 is 1.15. The number of nitrogen functional groups attached to an aromatic ring is 1. The molecular weight excluding hydrogens is 426 g/mol. The number of rotatable bonds is 6. The van der Waals surface area contributed by atoms with E-state index in [1.165, 1.54) is 6.07 Å². The first kappa shape index (κ1) is 19.0. The number of nitrogens with one attached hydrogen (secondary N) is 1. The van der Waals surface area contributed by atoms with E-state index >= 15 is 0 Å². The fourth-order valence-electron chi connectivity index (χ4n) is 1.43. The molecule has 3 atom stereocenters. The minimum Gasteiger partial charge on any atom is -0.397 e. The van der Waals surface area contributed by atoms with E-state index in [-0.39, 0.29) is 11.3 Å². The summed E-state index contributed by atoms with van der Waals surface area (Å²) in [6.45, 7) is -0.721. The Labute approximate surface area is 142 Å². The second-order valence-electron chi connectivity index (χ2n) is 4.30. The van der Waals surface area contributed by atoms with Crippen molar-refractivity contribution in [2.45, 2.75) is 18.3 Å². The van der Waals surface area contributed by atoms with Gasteiger partial charge in [-0.3, -0.25) is 4.79 Å². The van der Waals surface area contributed by atoms with Crippen LogP contribution in [0.2, 0.25) is 0 Å². The summed E-state index contributed by atoms with van der Waals surface area (Å²) >= 11 is 6.42. The summed E-state index contributed by atoms with van der Waals surface area (Å²) in [5, 5.41) is 40.1. The molecule has 0 aromatic heterocycles. The zero-order chi connectivity index (χ0) is 16.9. The molecule has 1 amide bonds. The number of aliphatic hydroxyl groups excluding tert-OH is 4. The van der Waals surface area contributed by atoms with Crippen molar-refractivity contribution in [3.8, 4) is 0 Å². The molecule has 122 valence electrons. The number of nitrogens with zero attached hydrogens (tertiary/aromatic N) is 1. The molecule has 0 heterocycles. The average molecular weight is 441 g/mol. The van der Waals surface area contributed by atoms with Crippen LogP contribution in [0, 0.1) is 0 Å². The lowest BCUT2D eigenvalue weighted by Gasteiger charge is -2.18. The molecule has 1 aromatic rings. The van der Waals surface area contributed by atoms with Gasteiger partial charge in [0.05, 0.1) is 24.1 Å². The Morgan fingerprint density at radius 1 is 1.36 bits per heavy atom. The van der Waals surface area contributed by atoms with Gasteiger partial charge in [-0.05, 0) is 28.1 Å². The van der Waals surface area contributed by atoms with Gasteiger partial charge in [0.1, 0.15) is 18.3 Å². The van der Waals surface area contributed by atoms with E-state index in [9.17, 15) is 15.0 Å². The second-order valence-corrected chi connectivity index (χ2v) is 6.07. The number of hydrazone groups is 1. The standard InChI is InChI=1S/C12H15Br2N3O5/c13-5-1-6(10(15)7(14)2-5)12(22)17-16-3-8(19)11(21)9(20)4-18/h1-3,8-9,11,18-21H,4,15H2,(H,17,22)/b16-3+/t8-,9-,11+/m0/s1. The lowest BCUT2D eigenvalue weighted by Crippen LogP contribution is -2.40. The molecule has 0 saturated heterocycles. The fraction of sp³-hybridized carbons (Fsp3) is 0.333. The van der Waals surface area contributed by atoms with E-state index < -0.39 is 30.8 Å². The molecule has 0 spiro atoms. The summed E-state index contributed by atoms with van der Waals surface area (Å²) in [5.41, 5.74) is 8.26. The van der Waals surface area contributed by atoms with Gasteiger partial charge in [0.15, 0.2) is 0 Å². The summed E-state index contributed by atoms with van der Waals surface area (Å²) in [6, 6.07) is 3.16. The zero-order valence-electron chi connectivity index (χ0n) is 11.1. The summed E-state index contributed by atoms with van der Waals surface area (Å²) in [7, 11) is 0. The Morgan fingerprint density at radius 2 is 2.00 bits per heavy atom. The van der Waals surface area contributed by atoms with Crippen molar-refractivity contribution in [3.63, 3.8) is 0 Å². The van der Waals surface area contributed by atoms with E-state index in [4.69, 9.17) is 15.9 Å². The van der Waals surface area contributed by atoms with E-state index in [1.807, 2.05) is 0 Å². The lowest BCUT2D eigenvalue weighted by molar-refractivity contribution is -0.0542. The molecule has 0 radical (unpaired) electrons. The Bertz CT molecular complexity index is 570. The Morgan fingerprint density at radius 3 is 2.59 bits per heavy atom. The molecule has 0 aliphatic rings. The fourth-order valence-corrected chi connectivity index (χ4v) is 2.65. The number of anilines is 1. The molecule has 0 saturated carbocycles. The van der Waals surface area contributed by atoms with Crippen LogP contribution in [0.1, 0.15) is 10.4 Å². The predicted molar refractivity (Wildman–Crippen MR) is 87.3 cm³/mol. The third kappa shape index (κ3) is 5.00. The van der Waals surface area contributed by atoms with Crippen molar-refractivity contribution in [1.82, 2.24) is 5.43 Å². The molecule has 1 rings (SSSR count). The molecular formula is C12H15Br2N3O5. The van der Waals surface area contributed by atoms with Crippen LogP contribution in [0.15, 0.2) is 26.2 Å². The van der Waals surface area contributed by atoms with Gasteiger partial charge in [0.2, 0.25) is 0 Å². The molecule has 0 aliphatic carbocycles. The normalized spacial score (nSPS) is 15.5. The first-order valence-corrected chi connectivity index (χ1v) is 7.59. The number of carbonyl (C=O) groups excluding carboxylic acids is 1. The van der Waals surface area contributed by atoms with Crippen LogP contribution in [0.5, 0.6) is 0 Å². The third-order valence-electron chi connectivity index (χ3n) is 2.66. The minimum atomic E-state index is -1.63. The van der Waals surface area contributed by atoms with Crippen molar-refractivity contribution < 1.29 is 25.2 Å². The first-order chi connectivity index (χ1) is 10.3. The van der Waals surface area contributed by atoms with Crippen LogP contribution in [-0.2, 0) is 0 Å². The summed E-state index contributed by atoms with van der Waals surface area (Å²) in [5.74, 6) is -0.625. The number of carbonyl (C=O) groups is 1. The van der Waals surface area contributed by atoms with Gasteiger partial charge in [-0.25, -0.2) is 5.43 Å². The van der Waals surface area contributed by atoms with Crippen LogP contribution in [0.3, 0.4) is 0 Å². The van der Waals surface area contributed by atoms with Gasteiger partial charge in [0, 0.05) is 8.95 Å². The molecule has 0 fully saturated rings. The molecule has 0 aliphatic heterocycles. The lowest BCUT2D eigenvalue weighted by atomic mass is 10.1. The SMILES string of the molecule is Nc1c(Br)cc(Br)cc1C(=O)N/N=C/[C@H](O)[C@@H](O)[C@@H](O)CO. The van der Waals surface area contributed by atoms with Crippen molar-refractivity contribution in [2.24, 2.45) is 5.10 Å². The van der Waals surface area contributed by atoms with Gasteiger partial charge in [-0.1, -0.05) is 15.9 Å². The number of hydrogen-bond acceptors (Lipinski definition) is 7. The largest absolute Gasteiger partial charge is 0.397 e. The van der Waals surface area contributed by atoms with E-state index in [0.717, 1.165) is 6.21 Å². The third-order valence-corrected chi connectivity index (χ3v) is 3.78. The van der Waals surface area contributed by atoms with Crippen LogP contribution in [0.4, 0.5) is 5.69 Å². The molecule has 0 unspecified atom stereocenters. The van der Waals surface area contributed by atoms with Crippen molar-refractivity contribution >= 4 is 49.7 Å². The van der Waals surface area contributed by atoms with E-state index in [0.29, 0.717) is 8.95 Å². The number of benzene rings is 1. The molecule has 10 heteroatoms. The molecule has 22 heavy (non-hydrogen) atoms. The predicted octanol–water partition coefficient (Wildman–Crippen LogP) is -0.416. The maximum absolute atomic E-state index is 11.9. The number of halogens is 2. The Hall–Kier alpha value is -1.04. The van der Waals surface area contributed by atoms with Crippen LogP contribution >= 0.6 is 31.9 Å². The van der Waals surface area contributed by atoms with Gasteiger partial charge < -0.3 is 26.2 Å². The average Bonchev–Trinajstić information content (AvgIpc) is 2.48. The molecule has 0 bridgehead atoms. The molecule has 8 nitrogen and oxygen atoms in total. The second kappa shape index (κ2) is 8.56. The highest BCUT2D eigenvalue weighted by Crippen LogP contribution is 2.28. The number of hydrogen-bond donors (Lipinski definition) is 6. The number of nitrogens with two attached hydrogens (primary N) is 1. The first-order valence-electron chi connectivity index (χ1n) is 6.01. The maximum atomic E-state index is 11.9. The van der Waals surface area contributed by atoms with Crippen molar-refractivity contribution in [1.29, 1.82) is 0 Å². The maximum Gasteiger partial charge on any atom is 0.273 e. The highest BCUT2D eigenvalue weighted by Gasteiger charge is 2.22. The van der Waals surface area contributed by atoms with Gasteiger partial charge in [0.25, 0.3) is 5.91 Å². The van der Waals surface area contributed by atoms with Crippen LogP contribution < -0.4 is 11.2 Å². The topological polar surface area (TPSA) is 148 Å². The quantitative estimate of drug-likeness (QED) is 0.201. The van der Waals surface area contributed by atoms with E-state index in [1.54, 1.807) is 6.07 Å². The summed E-state index contributed by atoms with van der Waals surface area (Å²) in [6.07, 6.45) is -3.89. The van der Waals surface area contributed by atoms with Crippen molar-refractivity contribution in [2.75, 3.05) is 12.3 Å². The van der Waals surface area contributed by atoms with Gasteiger partial charge in [-0.15, -0.1) is 0 Å².